The van der Waals surface area contributed by atoms with E-state index in [-0.39, 0.29) is 17.2 Å². The van der Waals surface area contributed by atoms with E-state index in [0.29, 0.717) is 10.5 Å². The molecule has 0 aliphatic heterocycles. The number of hydrogen-bond donors (Lipinski definition) is 2. The predicted molar refractivity (Wildman–Crippen MR) is 106 cm³/mol. The maximum Gasteiger partial charge on any atom is 0.339 e. The molecule has 4 fully saturated rings. The summed E-state index contributed by atoms with van der Waals surface area (Å²) in [6, 6.07) is 6.94. The van der Waals surface area contributed by atoms with Gasteiger partial charge in [-0.25, -0.2) is 4.79 Å². The van der Waals surface area contributed by atoms with Crippen molar-refractivity contribution in [3.63, 3.8) is 0 Å². The minimum atomic E-state index is -0.701. The molecule has 6 nitrogen and oxygen atoms in total. The molecular weight excluding hydrogens is 376 g/mol. The predicted octanol–water partition coefficient (Wildman–Crippen LogP) is 2.51. The number of ether oxygens (including phenoxy) is 1. The van der Waals surface area contributed by atoms with E-state index >= 15 is 0 Å². The van der Waals surface area contributed by atoms with E-state index in [9.17, 15) is 14.4 Å². The molecule has 4 saturated carbocycles. The number of hydrogen-bond acceptors (Lipinski definition) is 5. The van der Waals surface area contributed by atoms with Crippen LogP contribution >= 0.6 is 11.8 Å². The van der Waals surface area contributed by atoms with Crippen molar-refractivity contribution in [1.29, 1.82) is 0 Å². The molecule has 0 heterocycles. The van der Waals surface area contributed by atoms with Crippen molar-refractivity contribution in [2.24, 2.45) is 23.5 Å². The molecule has 0 saturated heterocycles. The molecule has 1 aromatic carbocycles. The molecule has 7 heteroatoms. The molecule has 0 atom stereocenters. The standard InChI is InChI=1S/C21H26N2O4S/c22-18(24)11-27-20(26)16-3-1-2-4-17(16)28-12-19(25)23-21-8-13-5-14(9-21)7-15(6-13)10-21/h1-4,13-15H,5-12H2,(H2,22,24)(H,23,25). The summed E-state index contributed by atoms with van der Waals surface area (Å²) >= 11 is 1.32. The van der Waals surface area contributed by atoms with Crippen LogP contribution in [0, 0.1) is 17.8 Å². The van der Waals surface area contributed by atoms with Crippen LogP contribution in [0.15, 0.2) is 29.2 Å². The number of primary amides is 1. The highest BCUT2D eigenvalue weighted by molar-refractivity contribution is 8.00. The second-order valence-corrected chi connectivity index (χ2v) is 9.59. The highest BCUT2D eigenvalue weighted by Crippen LogP contribution is 2.55. The zero-order valence-electron chi connectivity index (χ0n) is 15.8. The summed E-state index contributed by atoms with van der Waals surface area (Å²) in [6.45, 7) is -0.454. The van der Waals surface area contributed by atoms with Crippen molar-refractivity contribution in [1.82, 2.24) is 5.32 Å². The van der Waals surface area contributed by atoms with Gasteiger partial charge >= 0.3 is 5.97 Å². The highest BCUT2D eigenvalue weighted by Gasteiger charge is 2.51. The molecule has 3 N–H and O–H groups in total. The van der Waals surface area contributed by atoms with Crippen LogP contribution in [-0.4, -0.2) is 35.7 Å². The van der Waals surface area contributed by atoms with Crippen molar-refractivity contribution < 1.29 is 19.1 Å². The van der Waals surface area contributed by atoms with E-state index in [4.69, 9.17) is 10.5 Å². The van der Waals surface area contributed by atoms with Crippen molar-refractivity contribution in [3.8, 4) is 0 Å². The molecule has 0 radical (unpaired) electrons. The Morgan fingerprint density at radius 3 is 2.29 bits per heavy atom. The quantitative estimate of drug-likeness (QED) is 0.539. The maximum absolute atomic E-state index is 12.7. The SMILES string of the molecule is NC(=O)COC(=O)c1ccccc1SCC(=O)NC12CC3CC(CC(C3)C1)C2. The molecule has 2 amide bonds. The summed E-state index contributed by atoms with van der Waals surface area (Å²) in [5, 5.41) is 3.35. The van der Waals surface area contributed by atoms with Gasteiger partial charge in [-0.15, -0.1) is 11.8 Å². The molecule has 28 heavy (non-hydrogen) atoms. The van der Waals surface area contributed by atoms with Gasteiger partial charge in [0.05, 0.1) is 11.3 Å². The summed E-state index contributed by atoms with van der Waals surface area (Å²) < 4.78 is 4.90. The summed E-state index contributed by atoms with van der Waals surface area (Å²) in [4.78, 5) is 36.3. The lowest BCUT2D eigenvalue weighted by atomic mass is 9.53. The van der Waals surface area contributed by atoms with Crippen LogP contribution in [0.5, 0.6) is 0 Å². The van der Waals surface area contributed by atoms with E-state index in [1.165, 1.54) is 31.0 Å². The zero-order chi connectivity index (χ0) is 19.7. The normalized spacial score (nSPS) is 30.1. The van der Waals surface area contributed by atoms with Crippen LogP contribution < -0.4 is 11.1 Å². The number of carbonyl (C=O) groups excluding carboxylic acids is 3. The third-order valence-electron chi connectivity index (χ3n) is 6.25. The number of thioether (sulfide) groups is 1. The Bertz CT molecular complexity index is 759. The van der Waals surface area contributed by atoms with Gasteiger partial charge in [0.15, 0.2) is 6.61 Å². The first kappa shape index (κ1) is 19.3. The highest BCUT2D eigenvalue weighted by atomic mass is 32.2. The molecule has 0 aromatic heterocycles. The van der Waals surface area contributed by atoms with Gasteiger partial charge < -0.3 is 15.8 Å². The molecule has 5 rings (SSSR count). The number of nitrogens with two attached hydrogens (primary N) is 1. The monoisotopic (exact) mass is 402 g/mol. The lowest BCUT2D eigenvalue weighted by molar-refractivity contribution is -0.124. The summed E-state index contributed by atoms with van der Waals surface area (Å²) in [5.74, 6) is 1.30. The van der Waals surface area contributed by atoms with Gasteiger partial charge in [0.1, 0.15) is 0 Å². The van der Waals surface area contributed by atoms with Gasteiger partial charge in [0.2, 0.25) is 5.91 Å². The second kappa shape index (κ2) is 7.78. The zero-order valence-corrected chi connectivity index (χ0v) is 16.6. The fraction of sp³-hybridized carbons (Fsp3) is 0.571. The first-order chi connectivity index (χ1) is 13.4. The van der Waals surface area contributed by atoms with Crippen LogP contribution in [0.3, 0.4) is 0 Å². The van der Waals surface area contributed by atoms with Crippen LogP contribution in [0.1, 0.15) is 48.9 Å². The first-order valence-corrected chi connectivity index (χ1v) is 10.9. The topological polar surface area (TPSA) is 98.5 Å². The number of nitrogens with one attached hydrogen (secondary N) is 1. The van der Waals surface area contributed by atoms with E-state index in [1.54, 1.807) is 18.2 Å². The Labute approximate surface area is 168 Å². The van der Waals surface area contributed by atoms with Crippen LogP contribution in [0.25, 0.3) is 0 Å². The van der Waals surface area contributed by atoms with Crippen LogP contribution in [0.2, 0.25) is 0 Å². The van der Waals surface area contributed by atoms with E-state index in [1.807, 2.05) is 6.07 Å². The van der Waals surface area contributed by atoms with Crippen molar-refractivity contribution >= 4 is 29.5 Å². The smallest absolute Gasteiger partial charge is 0.339 e. The van der Waals surface area contributed by atoms with Crippen molar-refractivity contribution in [3.05, 3.63) is 29.8 Å². The van der Waals surface area contributed by atoms with E-state index in [2.05, 4.69) is 5.32 Å². The van der Waals surface area contributed by atoms with Crippen LogP contribution in [-0.2, 0) is 14.3 Å². The van der Waals surface area contributed by atoms with Gasteiger partial charge in [-0.05, 0) is 68.4 Å². The molecule has 1 aromatic rings. The fourth-order valence-corrected chi connectivity index (χ4v) is 6.55. The third kappa shape index (κ3) is 4.19. The summed E-state index contributed by atoms with van der Waals surface area (Å²) in [6.07, 6.45) is 7.36. The molecule has 4 aliphatic rings. The second-order valence-electron chi connectivity index (χ2n) is 8.57. The lowest BCUT2D eigenvalue weighted by Crippen LogP contribution is -2.60. The molecule has 0 spiro atoms. The minimum Gasteiger partial charge on any atom is -0.452 e. The molecule has 0 unspecified atom stereocenters. The van der Waals surface area contributed by atoms with Gasteiger partial charge in [-0.2, -0.15) is 0 Å². The molecule has 4 bridgehead atoms. The van der Waals surface area contributed by atoms with Gasteiger partial charge in [-0.1, -0.05) is 12.1 Å². The fourth-order valence-electron chi connectivity index (χ4n) is 5.71. The number of carbonyl (C=O) groups is 3. The van der Waals surface area contributed by atoms with E-state index in [0.717, 1.165) is 37.0 Å². The Hall–Kier alpha value is -2.02. The molecule has 4 aliphatic carbocycles. The van der Waals surface area contributed by atoms with Crippen LogP contribution in [0.4, 0.5) is 0 Å². The number of esters is 1. The molecule has 150 valence electrons. The largest absolute Gasteiger partial charge is 0.452 e. The minimum absolute atomic E-state index is 0.00761. The summed E-state index contributed by atoms with van der Waals surface area (Å²) in [7, 11) is 0. The van der Waals surface area contributed by atoms with Crippen molar-refractivity contribution in [2.75, 3.05) is 12.4 Å². The average molecular weight is 403 g/mol. The Morgan fingerprint density at radius 2 is 1.68 bits per heavy atom. The van der Waals surface area contributed by atoms with Gasteiger partial charge in [0, 0.05) is 10.4 Å². The summed E-state index contributed by atoms with van der Waals surface area (Å²) in [5.41, 5.74) is 5.36. The van der Waals surface area contributed by atoms with Gasteiger partial charge in [-0.3, -0.25) is 9.59 Å². The average Bonchev–Trinajstić information content (AvgIpc) is 2.63. The molecular formula is C21H26N2O4S. The number of benzene rings is 1. The third-order valence-corrected chi connectivity index (χ3v) is 7.33. The van der Waals surface area contributed by atoms with E-state index < -0.39 is 18.5 Å². The Morgan fingerprint density at radius 1 is 1.07 bits per heavy atom. The Balaban J connectivity index is 1.35. The Kier molecular flexibility index (Phi) is 5.36. The first-order valence-electron chi connectivity index (χ1n) is 9.91. The number of amides is 2. The van der Waals surface area contributed by atoms with Crippen molar-refractivity contribution in [2.45, 2.75) is 49.0 Å². The number of rotatable bonds is 7. The maximum atomic E-state index is 12.7. The van der Waals surface area contributed by atoms with Gasteiger partial charge in [0.25, 0.3) is 5.91 Å². The lowest BCUT2D eigenvalue weighted by Gasteiger charge is -2.56.